The van der Waals surface area contributed by atoms with Crippen molar-refractivity contribution in [2.24, 2.45) is 0 Å². The Balaban J connectivity index is 2.16. The van der Waals surface area contributed by atoms with Crippen LogP contribution in [-0.4, -0.2) is 6.61 Å². The van der Waals surface area contributed by atoms with Gasteiger partial charge >= 0.3 is 0 Å². The minimum absolute atomic E-state index is 0.130. The molecule has 2 aromatic rings. The Hall–Kier alpha value is -1.87. The number of halogens is 1. The average Bonchev–Trinajstić information content (AvgIpc) is 2.38. The molecule has 0 heterocycles. The number of hydrogen-bond donors (Lipinski definition) is 2. The minimum Gasteiger partial charge on any atom is -0.494 e. The molecule has 106 valence electrons. The Morgan fingerprint density at radius 1 is 1.25 bits per heavy atom. The predicted octanol–water partition coefficient (Wildman–Crippen LogP) is 4.49. The summed E-state index contributed by atoms with van der Waals surface area (Å²) in [5, 5.41) is 4.14. The summed E-state index contributed by atoms with van der Waals surface area (Å²) >= 11 is 6.02. The van der Waals surface area contributed by atoms with Gasteiger partial charge in [-0.05, 0) is 37.6 Å². The first-order chi connectivity index (χ1) is 9.58. The molecule has 0 saturated heterocycles. The summed E-state index contributed by atoms with van der Waals surface area (Å²) in [7, 11) is 0. The lowest BCUT2D eigenvalue weighted by atomic mass is 10.1. The fraction of sp³-hybridized carbons (Fsp3) is 0.250. The van der Waals surface area contributed by atoms with E-state index >= 15 is 0 Å². The molecule has 0 fully saturated rings. The standard InChI is InChI=1S/C16H19ClN2O/c1-3-20-16-9-14(18)8-15(10-16)19-11(2)12-5-4-6-13(17)7-12/h4-11,19H,3,18H2,1-2H3. The molecule has 0 spiro atoms. The van der Waals surface area contributed by atoms with Crippen LogP contribution in [0.25, 0.3) is 0 Å². The molecular weight excluding hydrogens is 272 g/mol. The molecular formula is C16H19ClN2O. The van der Waals surface area contributed by atoms with Crippen LogP contribution in [-0.2, 0) is 0 Å². The van der Waals surface area contributed by atoms with Crippen LogP contribution in [0.4, 0.5) is 11.4 Å². The average molecular weight is 291 g/mol. The van der Waals surface area contributed by atoms with Crippen LogP contribution in [0.2, 0.25) is 5.02 Å². The maximum Gasteiger partial charge on any atom is 0.123 e. The van der Waals surface area contributed by atoms with E-state index in [1.807, 2.05) is 49.4 Å². The highest BCUT2D eigenvalue weighted by atomic mass is 35.5. The van der Waals surface area contributed by atoms with Crippen LogP contribution < -0.4 is 15.8 Å². The fourth-order valence-electron chi connectivity index (χ4n) is 2.06. The van der Waals surface area contributed by atoms with E-state index in [-0.39, 0.29) is 6.04 Å². The molecule has 0 bridgehead atoms. The van der Waals surface area contributed by atoms with Crippen molar-refractivity contribution in [1.82, 2.24) is 0 Å². The molecule has 0 aliphatic rings. The van der Waals surface area contributed by atoms with Gasteiger partial charge in [0.05, 0.1) is 6.61 Å². The Bertz CT molecular complexity index is 586. The predicted molar refractivity (Wildman–Crippen MR) is 85.5 cm³/mol. The van der Waals surface area contributed by atoms with Crippen LogP contribution in [0.15, 0.2) is 42.5 Å². The molecule has 3 N–H and O–H groups in total. The van der Waals surface area contributed by atoms with E-state index in [1.165, 1.54) is 0 Å². The molecule has 4 heteroatoms. The van der Waals surface area contributed by atoms with Gasteiger partial charge in [-0.25, -0.2) is 0 Å². The third-order valence-corrected chi connectivity index (χ3v) is 3.21. The van der Waals surface area contributed by atoms with Crippen molar-refractivity contribution >= 4 is 23.0 Å². The van der Waals surface area contributed by atoms with Gasteiger partial charge in [-0.1, -0.05) is 23.7 Å². The zero-order chi connectivity index (χ0) is 14.5. The zero-order valence-corrected chi connectivity index (χ0v) is 12.4. The van der Waals surface area contributed by atoms with Gasteiger partial charge in [-0.3, -0.25) is 0 Å². The fourth-order valence-corrected chi connectivity index (χ4v) is 2.26. The zero-order valence-electron chi connectivity index (χ0n) is 11.7. The number of hydrogen-bond acceptors (Lipinski definition) is 3. The summed E-state index contributed by atoms with van der Waals surface area (Å²) in [6.07, 6.45) is 0. The summed E-state index contributed by atoms with van der Waals surface area (Å²) in [6, 6.07) is 13.6. The maximum atomic E-state index is 6.02. The van der Waals surface area contributed by atoms with Crippen LogP contribution >= 0.6 is 11.6 Å². The van der Waals surface area contributed by atoms with E-state index in [4.69, 9.17) is 22.1 Å². The molecule has 0 aliphatic carbocycles. The number of benzene rings is 2. The first-order valence-electron chi connectivity index (χ1n) is 6.64. The lowest BCUT2D eigenvalue weighted by Gasteiger charge is -2.17. The van der Waals surface area contributed by atoms with Gasteiger partial charge in [0.1, 0.15) is 5.75 Å². The summed E-state index contributed by atoms with van der Waals surface area (Å²) < 4.78 is 5.49. The highest BCUT2D eigenvalue weighted by molar-refractivity contribution is 6.30. The van der Waals surface area contributed by atoms with Gasteiger partial charge in [0.25, 0.3) is 0 Å². The minimum atomic E-state index is 0.130. The molecule has 0 amide bonds. The molecule has 2 aromatic carbocycles. The van der Waals surface area contributed by atoms with Crippen molar-refractivity contribution in [1.29, 1.82) is 0 Å². The molecule has 0 saturated carbocycles. The van der Waals surface area contributed by atoms with Crippen molar-refractivity contribution in [3.05, 3.63) is 53.1 Å². The maximum absolute atomic E-state index is 6.02. The number of anilines is 2. The normalized spacial score (nSPS) is 11.9. The second kappa shape index (κ2) is 6.53. The van der Waals surface area contributed by atoms with E-state index in [9.17, 15) is 0 Å². The SMILES string of the molecule is CCOc1cc(N)cc(NC(C)c2cccc(Cl)c2)c1. The van der Waals surface area contributed by atoms with E-state index in [2.05, 4.69) is 12.2 Å². The molecule has 1 unspecified atom stereocenters. The molecule has 0 aliphatic heterocycles. The van der Waals surface area contributed by atoms with Crippen molar-refractivity contribution in [3.63, 3.8) is 0 Å². The summed E-state index contributed by atoms with van der Waals surface area (Å²) in [5.41, 5.74) is 8.62. The van der Waals surface area contributed by atoms with Crippen molar-refractivity contribution < 1.29 is 4.74 Å². The Labute approximate surface area is 124 Å². The summed E-state index contributed by atoms with van der Waals surface area (Å²) in [6.45, 7) is 4.65. The largest absolute Gasteiger partial charge is 0.494 e. The first kappa shape index (κ1) is 14.5. The number of nitrogens with two attached hydrogens (primary N) is 1. The van der Waals surface area contributed by atoms with Crippen LogP contribution in [0.3, 0.4) is 0 Å². The number of ether oxygens (including phenoxy) is 1. The van der Waals surface area contributed by atoms with Crippen molar-refractivity contribution in [2.75, 3.05) is 17.7 Å². The molecule has 0 aromatic heterocycles. The van der Waals surface area contributed by atoms with Gasteiger partial charge in [-0.2, -0.15) is 0 Å². The Morgan fingerprint density at radius 2 is 2.05 bits per heavy atom. The monoisotopic (exact) mass is 290 g/mol. The molecule has 3 nitrogen and oxygen atoms in total. The van der Waals surface area contributed by atoms with Gasteiger partial charge in [-0.15, -0.1) is 0 Å². The summed E-state index contributed by atoms with van der Waals surface area (Å²) in [4.78, 5) is 0. The van der Waals surface area contributed by atoms with E-state index in [0.29, 0.717) is 12.3 Å². The molecule has 0 radical (unpaired) electrons. The molecule has 1 atom stereocenters. The molecule has 2 rings (SSSR count). The van der Waals surface area contributed by atoms with E-state index in [0.717, 1.165) is 22.0 Å². The second-order valence-electron chi connectivity index (χ2n) is 4.64. The topological polar surface area (TPSA) is 47.3 Å². The van der Waals surface area contributed by atoms with Crippen LogP contribution in [0.5, 0.6) is 5.75 Å². The Morgan fingerprint density at radius 3 is 2.75 bits per heavy atom. The van der Waals surface area contributed by atoms with Crippen molar-refractivity contribution in [3.8, 4) is 5.75 Å². The highest BCUT2D eigenvalue weighted by Gasteiger charge is 2.07. The lowest BCUT2D eigenvalue weighted by Crippen LogP contribution is -2.07. The first-order valence-corrected chi connectivity index (χ1v) is 7.01. The summed E-state index contributed by atoms with van der Waals surface area (Å²) in [5.74, 6) is 0.772. The quantitative estimate of drug-likeness (QED) is 0.797. The third-order valence-electron chi connectivity index (χ3n) is 2.97. The second-order valence-corrected chi connectivity index (χ2v) is 5.08. The molecule has 20 heavy (non-hydrogen) atoms. The third kappa shape index (κ3) is 3.81. The van der Waals surface area contributed by atoms with E-state index in [1.54, 1.807) is 0 Å². The number of rotatable bonds is 5. The van der Waals surface area contributed by atoms with Crippen molar-refractivity contribution in [2.45, 2.75) is 19.9 Å². The van der Waals surface area contributed by atoms with Crippen LogP contribution in [0, 0.1) is 0 Å². The van der Waals surface area contributed by atoms with Gasteiger partial charge < -0.3 is 15.8 Å². The smallest absolute Gasteiger partial charge is 0.123 e. The van der Waals surface area contributed by atoms with Gasteiger partial charge in [0.15, 0.2) is 0 Å². The Kier molecular flexibility index (Phi) is 4.74. The highest BCUT2D eigenvalue weighted by Crippen LogP contribution is 2.27. The lowest BCUT2D eigenvalue weighted by molar-refractivity contribution is 0.340. The number of nitrogens with one attached hydrogen (secondary N) is 1. The van der Waals surface area contributed by atoms with Gasteiger partial charge in [0.2, 0.25) is 0 Å². The van der Waals surface area contributed by atoms with Gasteiger partial charge in [0, 0.05) is 34.6 Å². The number of nitrogen functional groups attached to an aromatic ring is 1. The van der Waals surface area contributed by atoms with E-state index < -0.39 is 0 Å². The van der Waals surface area contributed by atoms with Crippen LogP contribution in [0.1, 0.15) is 25.5 Å².